The van der Waals surface area contributed by atoms with Crippen molar-refractivity contribution in [1.29, 1.82) is 0 Å². The molecule has 0 unspecified atom stereocenters. The smallest absolute Gasteiger partial charge is 0.0479 e. The van der Waals surface area contributed by atoms with E-state index in [0.717, 1.165) is 17.8 Å². The Morgan fingerprint density at radius 2 is 0.559 bits per heavy atom. The molecule has 0 rings (SSSR count). The van der Waals surface area contributed by atoms with Gasteiger partial charge in [0.25, 0.3) is 0 Å². The molecule has 0 aliphatic heterocycles. The first-order chi connectivity index (χ1) is 29.1. The largest absolute Gasteiger partial charge is 0.396 e. The van der Waals surface area contributed by atoms with Gasteiger partial charge in [0.15, 0.2) is 0 Å². The number of hydrogen-bond acceptors (Lipinski definition) is 1. The highest BCUT2D eigenvalue weighted by molar-refractivity contribution is 4.66. The molecule has 0 heterocycles. The second-order valence-electron chi connectivity index (χ2n) is 32.1. The van der Waals surface area contributed by atoms with Gasteiger partial charge < -0.3 is 5.11 Å². The van der Waals surface area contributed by atoms with Gasteiger partial charge in [-0.2, -0.15) is 0 Å². The molecule has 0 aromatic heterocycles. The van der Waals surface area contributed by atoms with Crippen molar-refractivity contribution in [2.45, 2.75) is 367 Å². The summed E-state index contributed by atoms with van der Waals surface area (Å²) in [6.07, 6.45) is 20.2. The van der Waals surface area contributed by atoms with Crippen LogP contribution in [-0.2, 0) is 0 Å². The minimum atomic E-state index is 0. The van der Waals surface area contributed by atoms with Crippen molar-refractivity contribution in [3.05, 3.63) is 0 Å². The Morgan fingerprint density at radius 1 is 0.309 bits per heavy atom. The average molecular weight is 976 g/mol. The van der Waals surface area contributed by atoms with E-state index in [1.165, 1.54) is 96.3 Å². The molecule has 68 heavy (non-hydrogen) atoms. The third-order valence-corrected chi connectivity index (χ3v) is 10.6. The number of aliphatic hydroxyl groups excluding tert-OH is 1. The lowest BCUT2D eigenvalue weighted by Gasteiger charge is -2.22. The van der Waals surface area contributed by atoms with E-state index in [9.17, 15) is 0 Å². The summed E-state index contributed by atoms with van der Waals surface area (Å²) in [5, 5.41) is 8.40. The maximum Gasteiger partial charge on any atom is 0.0479 e. The SMILES string of the molecule is C.CC(C)(C)CO.CC(C)C(C)(C)C.CC(C)CC(C)(C)C.CC(C)CCC(C)(C)C.CCC(C)(C)C.CCCC(C)(C)C.CCCC(C)(C)C.CCCCC(C)(C)C.CCCCCC(C)(C)C. The van der Waals surface area contributed by atoms with E-state index in [4.69, 9.17) is 5.11 Å². The van der Waals surface area contributed by atoms with Crippen LogP contribution in [0.4, 0.5) is 0 Å². The number of hydrogen-bond donors (Lipinski definition) is 1. The normalized spacial score (nSPS) is 12.1. The molecule has 0 radical (unpaired) electrons. The highest BCUT2D eigenvalue weighted by Gasteiger charge is 2.14. The van der Waals surface area contributed by atoms with Crippen LogP contribution in [0.15, 0.2) is 0 Å². The van der Waals surface area contributed by atoms with E-state index in [2.05, 4.69) is 242 Å². The first-order valence-electron chi connectivity index (χ1n) is 28.7. The zero-order valence-electron chi connectivity index (χ0n) is 56.0. The van der Waals surface area contributed by atoms with E-state index in [0.29, 0.717) is 43.3 Å². The Kier molecular flexibility index (Phi) is 62.3. The Bertz CT molecular complexity index is 882. The maximum atomic E-state index is 8.40. The lowest BCUT2D eigenvalue weighted by atomic mass is 9.84. The van der Waals surface area contributed by atoms with Gasteiger partial charge in [-0.1, -0.05) is 328 Å². The van der Waals surface area contributed by atoms with Gasteiger partial charge in [-0.25, -0.2) is 0 Å². The van der Waals surface area contributed by atoms with Crippen LogP contribution >= 0.6 is 0 Å². The molecule has 1 N–H and O–H groups in total. The number of unbranched alkanes of at least 4 members (excludes halogenated alkanes) is 3. The summed E-state index contributed by atoms with van der Waals surface area (Å²) >= 11 is 0. The zero-order chi connectivity index (χ0) is 56.5. The molecule has 1 heteroatoms. The zero-order valence-corrected chi connectivity index (χ0v) is 56.0. The first-order valence-corrected chi connectivity index (χ1v) is 28.7. The van der Waals surface area contributed by atoms with Crippen molar-refractivity contribution in [3.8, 4) is 0 Å². The van der Waals surface area contributed by atoms with Gasteiger partial charge in [-0.15, -0.1) is 0 Å². The maximum absolute atomic E-state index is 8.40. The van der Waals surface area contributed by atoms with Crippen molar-refractivity contribution in [3.63, 3.8) is 0 Å². The monoisotopic (exact) mass is 975 g/mol. The fourth-order valence-corrected chi connectivity index (χ4v) is 5.06. The topological polar surface area (TPSA) is 20.2 Å². The van der Waals surface area contributed by atoms with E-state index in [1.807, 2.05) is 20.8 Å². The molecule has 0 saturated heterocycles. The molecule has 0 saturated carbocycles. The molecular formula is C67H154O. The van der Waals surface area contributed by atoms with Gasteiger partial charge >= 0.3 is 0 Å². The third-order valence-electron chi connectivity index (χ3n) is 10.6. The minimum absolute atomic E-state index is 0. The third kappa shape index (κ3) is 158. The molecule has 0 atom stereocenters. The van der Waals surface area contributed by atoms with Crippen molar-refractivity contribution < 1.29 is 5.11 Å². The van der Waals surface area contributed by atoms with Gasteiger partial charge in [-0.3, -0.25) is 0 Å². The predicted octanol–water partition coefficient (Wildman–Crippen LogP) is 25.8. The van der Waals surface area contributed by atoms with Crippen molar-refractivity contribution >= 4 is 0 Å². The van der Waals surface area contributed by atoms with Gasteiger partial charge in [-0.05, 0) is 105 Å². The minimum Gasteiger partial charge on any atom is -0.396 e. The molecule has 0 aliphatic rings. The molecule has 1 nitrogen and oxygen atoms in total. The van der Waals surface area contributed by atoms with E-state index in [-0.39, 0.29) is 19.4 Å². The summed E-state index contributed by atoms with van der Waals surface area (Å²) < 4.78 is 0. The van der Waals surface area contributed by atoms with Gasteiger partial charge in [0.2, 0.25) is 0 Å². The highest BCUT2D eigenvalue weighted by Crippen LogP contribution is 2.26. The molecule has 0 aromatic carbocycles. The highest BCUT2D eigenvalue weighted by atomic mass is 16.3. The summed E-state index contributed by atoms with van der Waals surface area (Å²) in [6.45, 7) is 85.7. The van der Waals surface area contributed by atoms with Gasteiger partial charge in [0.1, 0.15) is 0 Å². The molecule has 428 valence electrons. The Morgan fingerprint density at radius 3 is 0.632 bits per heavy atom. The Balaban J connectivity index is -0.0000000697. The fraction of sp³-hybridized carbons (Fsp3) is 1.00. The molecule has 0 bridgehead atoms. The van der Waals surface area contributed by atoms with Crippen molar-refractivity contribution in [2.24, 2.45) is 66.5 Å². The summed E-state index contributed by atoms with van der Waals surface area (Å²) in [5.74, 6) is 2.51. The number of aliphatic hydroxyl groups is 1. The fourth-order valence-electron chi connectivity index (χ4n) is 5.06. The van der Waals surface area contributed by atoms with E-state index in [1.54, 1.807) is 0 Å². The van der Waals surface area contributed by atoms with Crippen LogP contribution in [0.3, 0.4) is 0 Å². The van der Waals surface area contributed by atoms with Crippen molar-refractivity contribution in [2.75, 3.05) is 6.61 Å². The molecular weight excluding hydrogens is 821 g/mol. The molecule has 0 aromatic rings. The Hall–Kier alpha value is -0.0400. The van der Waals surface area contributed by atoms with Crippen LogP contribution in [-0.4, -0.2) is 11.7 Å². The lowest BCUT2D eigenvalue weighted by Crippen LogP contribution is -2.12. The van der Waals surface area contributed by atoms with Gasteiger partial charge in [0, 0.05) is 6.61 Å². The summed E-state index contributed by atoms with van der Waals surface area (Å²) in [7, 11) is 0. The Labute approximate surface area is 443 Å². The molecule has 0 spiro atoms. The van der Waals surface area contributed by atoms with E-state index < -0.39 is 0 Å². The van der Waals surface area contributed by atoms with Gasteiger partial charge in [0.05, 0.1) is 0 Å². The number of rotatable bonds is 10. The second kappa shape index (κ2) is 46.7. The van der Waals surface area contributed by atoms with Crippen molar-refractivity contribution in [1.82, 2.24) is 0 Å². The van der Waals surface area contributed by atoms with Crippen LogP contribution in [0.25, 0.3) is 0 Å². The molecule has 0 fully saturated rings. The predicted molar refractivity (Wildman–Crippen MR) is 331 cm³/mol. The van der Waals surface area contributed by atoms with Crippen LogP contribution in [0.2, 0.25) is 0 Å². The van der Waals surface area contributed by atoms with Crippen LogP contribution in [0, 0.1) is 66.5 Å². The summed E-state index contributed by atoms with van der Waals surface area (Å²) in [4.78, 5) is 0. The van der Waals surface area contributed by atoms with Crippen LogP contribution < -0.4 is 0 Å². The second-order valence-corrected chi connectivity index (χ2v) is 32.1. The summed E-state index contributed by atoms with van der Waals surface area (Å²) in [5.41, 5.74) is 4.40. The summed E-state index contributed by atoms with van der Waals surface area (Å²) in [6, 6.07) is 0. The average Bonchev–Trinajstić information content (AvgIpc) is 3.04. The standard InChI is InChI=1S/2C9H20.2C8H18.3C7H16.C6H14.C5H12O.CH4/c1-8(2)6-7-9(3,4)5;1-5-6-7-8-9(2,3)4;1-7(2)6-8(3,4)5;1-5-6-7-8(2,3)4;1-6(2)7(3,4)5;2*1-5-6-7(2,3)4;1-5-6(2,3)4;1-5(2,3)4-6;/h8H,6-7H2,1-5H3;5-8H2,1-4H3;7H,6H2,1-5H3;5-7H2,1-4H3;6H,1-5H3;2*5-6H2,1-4H3;5H2,1-4H3;6H,4H2,1-3H3;1H4. The molecule has 0 aliphatic carbocycles. The van der Waals surface area contributed by atoms with E-state index >= 15 is 0 Å². The van der Waals surface area contributed by atoms with Crippen LogP contribution in [0.5, 0.6) is 0 Å². The quantitative estimate of drug-likeness (QED) is 0.216. The first kappa shape index (κ1) is 90.7. The van der Waals surface area contributed by atoms with Crippen LogP contribution in [0.1, 0.15) is 367 Å². The lowest BCUT2D eigenvalue weighted by molar-refractivity contribution is 0.177. The molecule has 0 amide bonds.